The molecule has 1 atom stereocenters. The lowest BCUT2D eigenvalue weighted by molar-refractivity contribution is 0.0272. The van der Waals surface area contributed by atoms with Crippen LogP contribution in [-0.2, 0) is 0 Å². The Morgan fingerprint density at radius 1 is 1.56 bits per heavy atom. The van der Waals surface area contributed by atoms with Gasteiger partial charge >= 0.3 is 0 Å². The molecule has 0 saturated heterocycles. The lowest BCUT2D eigenvalue weighted by Crippen LogP contribution is -2.26. The molecule has 0 aromatic rings. The van der Waals surface area contributed by atoms with Crippen LogP contribution >= 0.6 is 22.6 Å². The molecule has 0 amide bonds. The topological polar surface area (TPSA) is 40.5 Å². The van der Waals surface area contributed by atoms with Crippen molar-refractivity contribution < 1.29 is 10.2 Å². The third-order valence-electron chi connectivity index (χ3n) is 0.913. The minimum Gasteiger partial charge on any atom is -0.392 e. The fourth-order valence-corrected chi connectivity index (χ4v) is 0.943. The van der Waals surface area contributed by atoms with Crippen molar-refractivity contribution in [2.24, 2.45) is 0 Å². The molecule has 0 bridgehead atoms. The van der Waals surface area contributed by atoms with E-state index in [4.69, 9.17) is 10.2 Å². The van der Waals surface area contributed by atoms with Crippen LogP contribution in [0.1, 0.15) is 20.3 Å². The van der Waals surface area contributed by atoms with E-state index in [2.05, 4.69) is 22.6 Å². The highest BCUT2D eigenvalue weighted by atomic mass is 127. The van der Waals surface area contributed by atoms with E-state index in [-0.39, 0.29) is 6.10 Å². The van der Waals surface area contributed by atoms with Crippen molar-refractivity contribution >= 4 is 22.6 Å². The van der Waals surface area contributed by atoms with Crippen LogP contribution < -0.4 is 0 Å². The van der Waals surface area contributed by atoms with Gasteiger partial charge in [-0.25, -0.2) is 0 Å². The number of alkyl halides is 1. The van der Waals surface area contributed by atoms with E-state index in [1.165, 1.54) is 0 Å². The summed E-state index contributed by atoms with van der Waals surface area (Å²) in [4.78, 5) is 0. The number of aliphatic hydroxyl groups excluding tert-OH is 1. The van der Waals surface area contributed by atoms with E-state index >= 15 is 0 Å². The van der Waals surface area contributed by atoms with Crippen LogP contribution in [0, 0.1) is 0 Å². The number of aliphatic hydroxyl groups is 2. The van der Waals surface area contributed by atoms with Gasteiger partial charge in [-0.1, -0.05) is 22.6 Å². The van der Waals surface area contributed by atoms with Gasteiger partial charge in [-0.15, -0.1) is 0 Å². The second kappa shape index (κ2) is 3.73. The van der Waals surface area contributed by atoms with Gasteiger partial charge in [-0.2, -0.15) is 0 Å². The van der Waals surface area contributed by atoms with Gasteiger partial charge in [0.25, 0.3) is 0 Å². The lowest BCUT2D eigenvalue weighted by Gasteiger charge is -2.19. The van der Waals surface area contributed by atoms with Gasteiger partial charge in [0, 0.05) is 10.8 Å². The second-order valence-corrected chi connectivity index (χ2v) is 3.71. The predicted molar refractivity (Wildman–Crippen MR) is 45.8 cm³/mol. The first kappa shape index (κ1) is 9.65. The lowest BCUT2D eigenvalue weighted by atomic mass is 10.0. The zero-order valence-electron chi connectivity index (χ0n) is 5.76. The Morgan fingerprint density at radius 2 is 2.00 bits per heavy atom. The zero-order chi connectivity index (χ0) is 7.49. The van der Waals surface area contributed by atoms with Crippen molar-refractivity contribution in [3.8, 4) is 0 Å². The Balaban J connectivity index is 3.47. The van der Waals surface area contributed by atoms with Gasteiger partial charge in [-0.3, -0.25) is 0 Å². The highest BCUT2D eigenvalue weighted by Gasteiger charge is 2.16. The van der Waals surface area contributed by atoms with Crippen LogP contribution in [-0.4, -0.2) is 26.3 Å². The molecule has 0 aliphatic rings. The number of hydrogen-bond acceptors (Lipinski definition) is 2. The van der Waals surface area contributed by atoms with Crippen LogP contribution in [0.25, 0.3) is 0 Å². The summed E-state index contributed by atoms with van der Waals surface area (Å²) in [6.07, 6.45) is 0.0845. The molecule has 0 radical (unpaired) electrons. The van der Waals surface area contributed by atoms with Crippen LogP contribution in [0.5, 0.6) is 0 Å². The van der Waals surface area contributed by atoms with Crippen LogP contribution in [0.3, 0.4) is 0 Å². The Kier molecular flexibility index (Phi) is 4.00. The summed E-state index contributed by atoms with van der Waals surface area (Å²) in [5.74, 6) is 0. The standard InChI is InChI=1S/C6H13IO2/c1-6(2,9)3-5(8)4-7/h5,8-9H,3-4H2,1-2H3. The van der Waals surface area contributed by atoms with Gasteiger partial charge in [0.2, 0.25) is 0 Å². The van der Waals surface area contributed by atoms with Crippen molar-refractivity contribution in [3.63, 3.8) is 0 Å². The predicted octanol–water partition coefficient (Wildman–Crippen LogP) is 0.943. The molecular formula is C6H13IO2. The molecule has 0 fully saturated rings. The maximum Gasteiger partial charge on any atom is 0.0656 e. The van der Waals surface area contributed by atoms with Crippen molar-refractivity contribution in [2.45, 2.75) is 32.0 Å². The maximum absolute atomic E-state index is 9.16. The van der Waals surface area contributed by atoms with Gasteiger partial charge in [-0.05, 0) is 13.8 Å². The third kappa shape index (κ3) is 6.54. The molecule has 0 aliphatic carbocycles. The van der Waals surface area contributed by atoms with E-state index in [1.54, 1.807) is 13.8 Å². The van der Waals surface area contributed by atoms with Crippen molar-refractivity contribution in [1.82, 2.24) is 0 Å². The molecular weight excluding hydrogens is 231 g/mol. The van der Waals surface area contributed by atoms with E-state index in [0.29, 0.717) is 10.8 Å². The molecule has 1 unspecified atom stereocenters. The van der Waals surface area contributed by atoms with E-state index < -0.39 is 5.60 Å². The first-order chi connectivity index (χ1) is 3.95. The fraction of sp³-hybridized carbons (Fsp3) is 1.00. The molecule has 0 aromatic heterocycles. The SMILES string of the molecule is CC(C)(O)CC(O)CI. The largest absolute Gasteiger partial charge is 0.392 e. The third-order valence-corrected chi connectivity index (χ3v) is 1.93. The summed E-state index contributed by atoms with van der Waals surface area (Å²) in [5.41, 5.74) is -0.732. The Labute approximate surface area is 69.4 Å². The second-order valence-electron chi connectivity index (χ2n) is 2.82. The molecule has 0 aliphatic heterocycles. The van der Waals surface area contributed by atoms with Crippen LogP contribution in [0.2, 0.25) is 0 Å². The summed E-state index contributed by atoms with van der Waals surface area (Å²) >= 11 is 2.09. The normalized spacial score (nSPS) is 15.7. The smallest absolute Gasteiger partial charge is 0.0656 e. The summed E-state index contributed by atoms with van der Waals surface area (Å²) < 4.78 is 0.682. The Bertz CT molecular complexity index is 77.6. The van der Waals surface area contributed by atoms with Gasteiger partial charge in [0.05, 0.1) is 11.7 Å². The molecule has 0 spiro atoms. The fourth-order valence-electron chi connectivity index (χ4n) is 0.631. The molecule has 0 rings (SSSR count). The number of rotatable bonds is 3. The molecule has 2 nitrogen and oxygen atoms in total. The van der Waals surface area contributed by atoms with Crippen molar-refractivity contribution in [2.75, 3.05) is 4.43 Å². The average Bonchev–Trinajstić information content (AvgIpc) is 1.62. The summed E-state index contributed by atoms with van der Waals surface area (Å²) in [7, 11) is 0. The first-order valence-electron chi connectivity index (χ1n) is 2.92. The highest BCUT2D eigenvalue weighted by Crippen LogP contribution is 2.11. The first-order valence-corrected chi connectivity index (χ1v) is 4.44. The molecule has 56 valence electrons. The molecule has 3 heteroatoms. The van der Waals surface area contributed by atoms with Gasteiger partial charge in [0.15, 0.2) is 0 Å². The van der Waals surface area contributed by atoms with Crippen LogP contribution in [0.4, 0.5) is 0 Å². The summed E-state index contributed by atoms with van der Waals surface area (Å²) in [5, 5.41) is 18.2. The monoisotopic (exact) mass is 244 g/mol. The minimum atomic E-state index is -0.732. The summed E-state index contributed by atoms with van der Waals surface area (Å²) in [6, 6.07) is 0. The van der Waals surface area contributed by atoms with E-state index in [0.717, 1.165) is 0 Å². The minimum absolute atomic E-state index is 0.370. The molecule has 0 aromatic carbocycles. The highest BCUT2D eigenvalue weighted by molar-refractivity contribution is 14.1. The molecule has 0 saturated carbocycles. The summed E-state index contributed by atoms with van der Waals surface area (Å²) in [6.45, 7) is 3.39. The van der Waals surface area contributed by atoms with E-state index in [1.807, 2.05) is 0 Å². The molecule has 2 N–H and O–H groups in total. The maximum atomic E-state index is 9.16. The van der Waals surface area contributed by atoms with Crippen molar-refractivity contribution in [1.29, 1.82) is 0 Å². The van der Waals surface area contributed by atoms with E-state index in [9.17, 15) is 0 Å². The Morgan fingerprint density at radius 3 is 2.11 bits per heavy atom. The Hall–Kier alpha value is 0.650. The number of halogens is 1. The molecule has 0 heterocycles. The van der Waals surface area contributed by atoms with Crippen LogP contribution in [0.15, 0.2) is 0 Å². The molecule has 9 heavy (non-hydrogen) atoms. The quantitative estimate of drug-likeness (QED) is 0.573. The van der Waals surface area contributed by atoms with Crippen molar-refractivity contribution in [3.05, 3.63) is 0 Å². The zero-order valence-corrected chi connectivity index (χ0v) is 7.92. The van der Waals surface area contributed by atoms with Gasteiger partial charge < -0.3 is 10.2 Å². The van der Waals surface area contributed by atoms with Gasteiger partial charge in [0.1, 0.15) is 0 Å². The number of hydrogen-bond donors (Lipinski definition) is 2. The average molecular weight is 244 g/mol.